The van der Waals surface area contributed by atoms with Crippen molar-refractivity contribution in [2.75, 3.05) is 13.2 Å². The first-order valence-corrected chi connectivity index (χ1v) is 11.6. The molecule has 0 amide bonds. The molecule has 32 heavy (non-hydrogen) atoms. The van der Waals surface area contributed by atoms with Gasteiger partial charge in [0.15, 0.2) is 0 Å². The molecule has 6 nitrogen and oxygen atoms in total. The quantitative estimate of drug-likeness (QED) is 0.527. The molecule has 7 heteroatoms. The third kappa shape index (κ3) is 4.73. The standard InChI is InChI=1S/C25H31ClO6/c1-2-14-5-7-15(8-6-14)10-16-11-17(12-18(21(16)26)19-4-3-9-31-19)25-24(30)23(29)22(28)20(13-27)32-25/h5-8,11-12,19-20,22-25,27-30H,2-4,9-10,13H2,1H3/t19?,20-,22-,23+,24-,25+/m1/s1. The largest absolute Gasteiger partial charge is 0.394 e. The molecular formula is C25H31ClO6. The highest BCUT2D eigenvalue weighted by Crippen LogP contribution is 2.40. The van der Waals surface area contributed by atoms with Crippen LogP contribution in [-0.2, 0) is 22.3 Å². The average molecular weight is 463 g/mol. The molecule has 0 saturated carbocycles. The van der Waals surface area contributed by atoms with Gasteiger partial charge in [-0.2, -0.15) is 0 Å². The number of ether oxygens (including phenoxy) is 2. The topological polar surface area (TPSA) is 99.4 Å². The van der Waals surface area contributed by atoms with E-state index >= 15 is 0 Å². The zero-order valence-electron chi connectivity index (χ0n) is 18.2. The Morgan fingerprint density at radius 1 is 1.00 bits per heavy atom. The number of aryl methyl sites for hydroxylation is 1. The lowest BCUT2D eigenvalue weighted by Gasteiger charge is -2.40. The fraction of sp³-hybridized carbons (Fsp3) is 0.520. The number of benzene rings is 2. The smallest absolute Gasteiger partial charge is 0.113 e. The van der Waals surface area contributed by atoms with Crippen LogP contribution in [0.1, 0.15) is 59.8 Å². The van der Waals surface area contributed by atoms with Gasteiger partial charge in [-0.1, -0.05) is 48.9 Å². The molecule has 2 aromatic carbocycles. The van der Waals surface area contributed by atoms with Crippen LogP contribution in [-0.4, -0.2) is 58.1 Å². The number of hydrogen-bond acceptors (Lipinski definition) is 6. The summed E-state index contributed by atoms with van der Waals surface area (Å²) in [6, 6.07) is 12.1. The zero-order valence-corrected chi connectivity index (χ0v) is 18.9. The molecule has 2 aliphatic rings. The van der Waals surface area contributed by atoms with E-state index in [1.807, 2.05) is 12.1 Å². The summed E-state index contributed by atoms with van der Waals surface area (Å²) in [4.78, 5) is 0. The second kappa shape index (κ2) is 10.2. The van der Waals surface area contributed by atoms with Crippen molar-refractivity contribution in [3.05, 3.63) is 69.2 Å². The number of hydrogen-bond donors (Lipinski definition) is 4. The molecule has 6 atom stereocenters. The van der Waals surface area contributed by atoms with Crippen molar-refractivity contribution in [1.82, 2.24) is 0 Å². The number of aliphatic hydroxyl groups excluding tert-OH is 4. The second-order valence-electron chi connectivity index (χ2n) is 8.68. The molecule has 0 aromatic heterocycles. The van der Waals surface area contributed by atoms with Crippen molar-refractivity contribution in [2.24, 2.45) is 0 Å². The van der Waals surface area contributed by atoms with Crippen LogP contribution in [0.3, 0.4) is 0 Å². The number of halogens is 1. The first-order valence-electron chi connectivity index (χ1n) is 11.2. The molecular weight excluding hydrogens is 432 g/mol. The van der Waals surface area contributed by atoms with Crippen LogP contribution in [0.25, 0.3) is 0 Å². The summed E-state index contributed by atoms with van der Waals surface area (Å²) < 4.78 is 11.7. The van der Waals surface area contributed by atoms with E-state index in [4.69, 9.17) is 21.1 Å². The van der Waals surface area contributed by atoms with Crippen LogP contribution in [0.5, 0.6) is 0 Å². The van der Waals surface area contributed by atoms with Crippen LogP contribution in [0, 0.1) is 0 Å². The molecule has 0 aliphatic carbocycles. The molecule has 2 fully saturated rings. The van der Waals surface area contributed by atoms with Gasteiger partial charge in [0.05, 0.1) is 12.7 Å². The average Bonchev–Trinajstić information content (AvgIpc) is 3.34. The lowest BCUT2D eigenvalue weighted by molar-refractivity contribution is -0.231. The van der Waals surface area contributed by atoms with Gasteiger partial charge in [-0.05, 0) is 54.0 Å². The van der Waals surface area contributed by atoms with Gasteiger partial charge in [-0.15, -0.1) is 0 Å². The lowest BCUT2D eigenvalue weighted by atomic mass is 9.88. The minimum absolute atomic E-state index is 0.145. The Morgan fingerprint density at radius 2 is 1.72 bits per heavy atom. The van der Waals surface area contributed by atoms with E-state index in [1.54, 1.807) is 0 Å². The predicted octanol–water partition coefficient (Wildman–Crippen LogP) is 2.86. The van der Waals surface area contributed by atoms with E-state index in [-0.39, 0.29) is 6.10 Å². The van der Waals surface area contributed by atoms with Crippen molar-refractivity contribution in [2.45, 2.75) is 69.2 Å². The summed E-state index contributed by atoms with van der Waals surface area (Å²) in [5.41, 5.74) is 4.70. The summed E-state index contributed by atoms with van der Waals surface area (Å²) in [6.45, 7) is 2.31. The third-order valence-corrected chi connectivity index (χ3v) is 6.98. The Labute approximate surface area is 193 Å². The van der Waals surface area contributed by atoms with Gasteiger partial charge in [-0.3, -0.25) is 0 Å². The Morgan fingerprint density at radius 3 is 2.34 bits per heavy atom. The van der Waals surface area contributed by atoms with Crippen molar-refractivity contribution < 1.29 is 29.9 Å². The summed E-state index contributed by atoms with van der Waals surface area (Å²) in [5, 5.41) is 41.3. The van der Waals surface area contributed by atoms with E-state index in [2.05, 4.69) is 31.2 Å². The maximum Gasteiger partial charge on any atom is 0.113 e. The minimum Gasteiger partial charge on any atom is -0.394 e. The Bertz CT molecular complexity index is 909. The molecule has 2 aromatic rings. The van der Waals surface area contributed by atoms with Crippen LogP contribution < -0.4 is 0 Å². The highest BCUT2D eigenvalue weighted by atomic mass is 35.5. The molecule has 0 radical (unpaired) electrons. The van der Waals surface area contributed by atoms with Gasteiger partial charge in [0, 0.05) is 17.2 Å². The molecule has 1 unspecified atom stereocenters. The monoisotopic (exact) mass is 462 g/mol. The van der Waals surface area contributed by atoms with E-state index in [0.29, 0.717) is 23.6 Å². The first-order chi connectivity index (χ1) is 15.4. The van der Waals surface area contributed by atoms with Crippen LogP contribution in [0.15, 0.2) is 36.4 Å². The summed E-state index contributed by atoms with van der Waals surface area (Å²) >= 11 is 6.84. The zero-order chi connectivity index (χ0) is 22.8. The van der Waals surface area contributed by atoms with Crippen molar-refractivity contribution in [1.29, 1.82) is 0 Å². The molecule has 0 spiro atoms. The summed E-state index contributed by atoms with van der Waals surface area (Å²) in [7, 11) is 0. The molecule has 2 aliphatic heterocycles. The van der Waals surface area contributed by atoms with Gasteiger partial charge < -0.3 is 29.9 Å². The van der Waals surface area contributed by atoms with Gasteiger partial charge in [0.2, 0.25) is 0 Å². The normalized spacial score (nSPS) is 30.6. The maximum absolute atomic E-state index is 10.7. The molecule has 2 saturated heterocycles. The predicted molar refractivity (Wildman–Crippen MR) is 121 cm³/mol. The van der Waals surface area contributed by atoms with Crippen molar-refractivity contribution in [3.8, 4) is 0 Å². The van der Waals surface area contributed by atoms with Gasteiger partial charge in [0.25, 0.3) is 0 Å². The molecule has 4 rings (SSSR count). The van der Waals surface area contributed by atoms with E-state index < -0.39 is 37.1 Å². The molecule has 2 heterocycles. The summed E-state index contributed by atoms with van der Waals surface area (Å²) in [5.74, 6) is 0. The molecule has 0 bridgehead atoms. The van der Waals surface area contributed by atoms with Crippen LogP contribution >= 0.6 is 11.6 Å². The highest BCUT2D eigenvalue weighted by molar-refractivity contribution is 6.32. The SMILES string of the molecule is CCc1ccc(Cc2cc([C@@H]3O[C@H](CO)[C@@H](O)[C@H](O)[C@H]3O)cc(C3CCCO3)c2Cl)cc1. The van der Waals surface area contributed by atoms with Crippen LogP contribution in [0.2, 0.25) is 5.02 Å². The Balaban J connectivity index is 1.72. The number of aliphatic hydroxyl groups is 4. The summed E-state index contributed by atoms with van der Waals surface area (Å²) in [6.07, 6.45) is -2.84. The van der Waals surface area contributed by atoms with E-state index in [9.17, 15) is 20.4 Å². The maximum atomic E-state index is 10.7. The van der Waals surface area contributed by atoms with Crippen molar-refractivity contribution in [3.63, 3.8) is 0 Å². The van der Waals surface area contributed by atoms with Crippen LogP contribution in [0.4, 0.5) is 0 Å². The number of rotatable bonds is 6. The Hall–Kier alpha value is -1.51. The fourth-order valence-electron chi connectivity index (χ4n) is 4.57. The van der Waals surface area contributed by atoms with Gasteiger partial charge in [-0.25, -0.2) is 0 Å². The molecule has 174 valence electrons. The highest BCUT2D eigenvalue weighted by Gasteiger charge is 2.44. The Kier molecular flexibility index (Phi) is 7.52. The fourth-order valence-corrected chi connectivity index (χ4v) is 4.87. The van der Waals surface area contributed by atoms with E-state index in [0.717, 1.165) is 36.0 Å². The first kappa shape index (κ1) is 23.6. The minimum atomic E-state index is -1.43. The van der Waals surface area contributed by atoms with Gasteiger partial charge >= 0.3 is 0 Å². The van der Waals surface area contributed by atoms with Crippen molar-refractivity contribution >= 4 is 11.6 Å². The third-order valence-electron chi connectivity index (χ3n) is 6.52. The molecule has 4 N–H and O–H groups in total. The van der Waals surface area contributed by atoms with Gasteiger partial charge in [0.1, 0.15) is 30.5 Å². The lowest BCUT2D eigenvalue weighted by Crippen LogP contribution is -2.55. The second-order valence-corrected chi connectivity index (χ2v) is 9.06. The van der Waals surface area contributed by atoms with E-state index in [1.165, 1.54) is 5.56 Å².